The Morgan fingerprint density at radius 3 is 2.46 bits per heavy atom. The second kappa shape index (κ2) is 16.3. The fraction of sp³-hybridized carbons (Fsp3) is 0.857. The van der Waals surface area contributed by atoms with Crippen molar-refractivity contribution >= 4 is 5.97 Å². The van der Waals surface area contributed by atoms with Crippen molar-refractivity contribution in [3.63, 3.8) is 0 Å². The second-order valence-corrected chi connectivity index (χ2v) is 6.96. The number of ether oxygens (including phenoxy) is 3. The van der Waals surface area contributed by atoms with Crippen LogP contribution in [-0.2, 0) is 19.0 Å². The van der Waals surface area contributed by atoms with Crippen LogP contribution in [0.4, 0.5) is 0 Å². The van der Waals surface area contributed by atoms with Crippen LogP contribution in [0.2, 0.25) is 0 Å². The van der Waals surface area contributed by atoms with Crippen molar-refractivity contribution in [2.24, 2.45) is 0 Å². The first-order valence-electron chi connectivity index (χ1n) is 10.5. The third-order valence-electron chi connectivity index (χ3n) is 4.58. The van der Waals surface area contributed by atoms with Crippen LogP contribution in [-0.4, -0.2) is 43.3 Å². The number of unbranched alkanes of at least 4 members (excludes halogenated alkanes) is 7. The highest BCUT2D eigenvalue weighted by Crippen LogP contribution is 2.15. The van der Waals surface area contributed by atoms with E-state index >= 15 is 0 Å². The van der Waals surface area contributed by atoms with Gasteiger partial charge in [0.25, 0.3) is 0 Å². The minimum absolute atomic E-state index is 0.0474. The Bertz CT molecular complexity index is 363. The molecule has 5 nitrogen and oxygen atoms in total. The minimum Gasteiger partial charge on any atom is -0.463 e. The number of hydrogen-bond acceptors (Lipinski definition) is 5. The molecule has 1 heterocycles. The molecular weight excluding hydrogens is 332 g/mol. The monoisotopic (exact) mass is 370 g/mol. The molecule has 0 saturated carbocycles. The largest absolute Gasteiger partial charge is 0.463 e. The number of esters is 1. The van der Waals surface area contributed by atoms with E-state index in [1.54, 1.807) is 6.92 Å². The van der Waals surface area contributed by atoms with Gasteiger partial charge in [-0.2, -0.15) is 0 Å². The molecule has 152 valence electrons. The van der Waals surface area contributed by atoms with Gasteiger partial charge in [0.15, 0.2) is 6.29 Å². The van der Waals surface area contributed by atoms with Crippen LogP contribution in [0.25, 0.3) is 0 Å². The van der Waals surface area contributed by atoms with E-state index in [2.05, 4.69) is 0 Å². The average molecular weight is 371 g/mol. The summed E-state index contributed by atoms with van der Waals surface area (Å²) in [5, 5.41) is 9.77. The molecule has 1 aliphatic heterocycles. The van der Waals surface area contributed by atoms with Gasteiger partial charge in [-0.25, -0.2) is 4.79 Å². The molecule has 1 aliphatic rings. The lowest BCUT2D eigenvalue weighted by Crippen LogP contribution is -2.22. The van der Waals surface area contributed by atoms with Gasteiger partial charge >= 0.3 is 5.97 Å². The molecule has 0 aliphatic carbocycles. The number of carbonyl (C=O) groups excluding carboxylic acids is 1. The Balaban J connectivity index is 1.80. The number of rotatable bonds is 15. The van der Waals surface area contributed by atoms with Gasteiger partial charge < -0.3 is 19.3 Å². The van der Waals surface area contributed by atoms with Gasteiger partial charge in [0, 0.05) is 19.3 Å². The Labute approximate surface area is 159 Å². The molecule has 0 amide bonds. The van der Waals surface area contributed by atoms with Crippen LogP contribution in [0.3, 0.4) is 0 Å². The Kier molecular flexibility index (Phi) is 14.5. The summed E-state index contributed by atoms with van der Waals surface area (Å²) in [7, 11) is 0. The maximum absolute atomic E-state index is 11.1. The van der Waals surface area contributed by atoms with Gasteiger partial charge in [-0.3, -0.25) is 0 Å². The maximum atomic E-state index is 11.1. The molecule has 1 fully saturated rings. The zero-order valence-corrected chi connectivity index (χ0v) is 16.5. The number of aliphatic hydroxyl groups is 1. The topological polar surface area (TPSA) is 65.0 Å². The van der Waals surface area contributed by atoms with Crippen LogP contribution in [0.5, 0.6) is 0 Å². The van der Waals surface area contributed by atoms with E-state index in [0.29, 0.717) is 13.0 Å². The van der Waals surface area contributed by atoms with E-state index in [0.717, 1.165) is 38.9 Å². The van der Waals surface area contributed by atoms with Crippen LogP contribution in [0, 0.1) is 0 Å². The van der Waals surface area contributed by atoms with Crippen LogP contribution < -0.4 is 0 Å². The Morgan fingerprint density at radius 1 is 1.12 bits per heavy atom. The van der Waals surface area contributed by atoms with Gasteiger partial charge in [-0.1, -0.05) is 44.9 Å². The predicted octanol–water partition coefficient (Wildman–Crippen LogP) is 4.52. The molecule has 2 atom stereocenters. The third-order valence-corrected chi connectivity index (χ3v) is 4.58. The summed E-state index contributed by atoms with van der Waals surface area (Å²) in [6.07, 6.45) is 16.0. The highest BCUT2D eigenvalue weighted by atomic mass is 16.7. The summed E-state index contributed by atoms with van der Waals surface area (Å²) < 4.78 is 16.1. The van der Waals surface area contributed by atoms with E-state index in [9.17, 15) is 9.90 Å². The van der Waals surface area contributed by atoms with Crippen molar-refractivity contribution in [2.45, 2.75) is 96.4 Å². The normalized spacial score (nSPS) is 18.9. The second-order valence-electron chi connectivity index (χ2n) is 6.96. The van der Waals surface area contributed by atoms with E-state index < -0.39 is 6.10 Å². The maximum Gasteiger partial charge on any atom is 0.330 e. The molecule has 1 saturated heterocycles. The van der Waals surface area contributed by atoms with E-state index in [1.807, 2.05) is 0 Å². The molecule has 0 aromatic heterocycles. The van der Waals surface area contributed by atoms with Crippen LogP contribution in [0.15, 0.2) is 12.2 Å². The first kappa shape index (κ1) is 23.1. The quantitative estimate of drug-likeness (QED) is 0.261. The molecule has 0 spiro atoms. The zero-order chi connectivity index (χ0) is 18.9. The van der Waals surface area contributed by atoms with E-state index in [-0.39, 0.29) is 12.3 Å². The van der Waals surface area contributed by atoms with Gasteiger partial charge in [0.1, 0.15) is 0 Å². The standard InChI is InChI=1S/C21H38O5/c1-2-24-20(23)16-15-19(22)13-9-7-5-3-4-6-8-11-17-25-21-14-10-12-18-26-21/h15-16,19,21-22H,2-14,17-18H2,1H3/b16-15+/t19-,21?/m1/s1. The molecule has 1 N–H and O–H groups in total. The molecule has 0 aromatic carbocycles. The van der Waals surface area contributed by atoms with Gasteiger partial charge in [-0.05, 0) is 45.1 Å². The van der Waals surface area contributed by atoms with Crippen molar-refractivity contribution in [2.75, 3.05) is 19.8 Å². The number of aliphatic hydroxyl groups excluding tert-OH is 1. The van der Waals surface area contributed by atoms with Crippen molar-refractivity contribution in [1.29, 1.82) is 0 Å². The lowest BCUT2D eigenvalue weighted by atomic mass is 10.1. The van der Waals surface area contributed by atoms with Crippen LogP contribution in [0.1, 0.15) is 84.0 Å². The van der Waals surface area contributed by atoms with E-state index in [1.165, 1.54) is 57.1 Å². The molecule has 1 rings (SSSR count). The third kappa shape index (κ3) is 13.3. The highest BCUT2D eigenvalue weighted by molar-refractivity contribution is 5.81. The Hall–Kier alpha value is -0.910. The molecule has 1 unspecified atom stereocenters. The fourth-order valence-electron chi connectivity index (χ4n) is 3.05. The first-order chi connectivity index (χ1) is 12.7. The summed E-state index contributed by atoms with van der Waals surface area (Å²) in [4.78, 5) is 11.1. The smallest absolute Gasteiger partial charge is 0.330 e. The summed E-state index contributed by atoms with van der Waals surface area (Å²) >= 11 is 0. The molecule has 0 bridgehead atoms. The van der Waals surface area contributed by atoms with Crippen LogP contribution >= 0.6 is 0 Å². The van der Waals surface area contributed by atoms with E-state index in [4.69, 9.17) is 14.2 Å². The summed E-state index contributed by atoms with van der Waals surface area (Å²) in [6, 6.07) is 0. The number of hydrogen-bond donors (Lipinski definition) is 1. The Morgan fingerprint density at radius 2 is 1.81 bits per heavy atom. The fourth-order valence-corrected chi connectivity index (χ4v) is 3.05. The van der Waals surface area contributed by atoms with Crippen molar-refractivity contribution < 1.29 is 24.1 Å². The van der Waals surface area contributed by atoms with Gasteiger partial charge in [0.2, 0.25) is 0 Å². The summed E-state index contributed by atoms with van der Waals surface area (Å²) in [5.41, 5.74) is 0. The summed E-state index contributed by atoms with van der Waals surface area (Å²) in [5.74, 6) is -0.386. The molecule has 0 aromatic rings. The highest BCUT2D eigenvalue weighted by Gasteiger charge is 2.13. The zero-order valence-electron chi connectivity index (χ0n) is 16.5. The first-order valence-corrected chi connectivity index (χ1v) is 10.5. The van der Waals surface area contributed by atoms with Gasteiger partial charge in [-0.15, -0.1) is 0 Å². The molecule has 5 heteroatoms. The lowest BCUT2D eigenvalue weighted by molar-refractivity contribution is -0.162. The predicted molar refractivity (Wildman–Crippen MR) is 103 cm³/mol. The van der Waals surface area contributed by atoms with Crippen molar-refractivity contribution in [1.82, 2.24) is 0 Å². The summed E-state index contributed by atoms with van der Waals surface area (Å²) in [6.45, 7) is 3.80. The van der Waals surface area contributed by atoms with Crippen molar-refractivity contribution in [3.8, 4) is 0 Å². The van der Waals surface area contributed by atoms with Crippen molar-refractivity contribution in [3.05, 3.63) is 12.2 Å². The molecule has 26 heavy (non-hydrogen) atoms. The lowest BCUT2D eigenvalue weighted by Gasteiger charge is -2.22. The SMILES string of the molecule is CCOC(=O)/C=C/[C@H](O)CCCCCCCCCCOC1CCCCO1. The molecule has 0 radical (unpaired) electrons. The molecular formula is C21H38O5. The number of carbonyl (C=O) groups is 1. The van der Waals surface area contributed by atoms with Gasteiger partial charge in [0.05, 0.1) is 12.7 Å². The minimum atomic E-state index is -0.549. The average Bonchev–Trinajstić information content (AvgIpc) is 2.65.